The highest BCUT2D eigenvalue weighted by atomic mass is 16.2. The Morgan fingerprint density at radius 1 is 1.40 bits per heavy atom. The molecule has 1 aliphatic rings. The molecule has 5 heteroatoms. The summed E-state index contributed by atoms with van der Waals surface area (Å²) in [6, 6.07) is 7.37. The summed E-state index contributed by atoms with van der Waals surface area (Å²) < 4.78 is 0. The van der Waals surface area contributed by atoms with Crippen molar-refractivity contribution in [3.8, 4) is 0 Å². The third-order valence-electron chi connectivity index (χ3n) is 3.66. The van der Waals surface area contributed by atoms with E-state index in [0.717, 1.165) is 17.8 Å². The van der Waals surface area contributed by atoms with E-state index in [1.165, 1.54) is 0 Å². The molecule has 0 aliphatic carbocycles. The largest absolute Gasteiger partial charge is 0.384 e. The highest BCUT2D eigenvalue weighted by Gasteiger charge is 2.27. The topological polar surface area (TPSA) is 84.2 Å². The second-order valence-corrected chi connectivity index (χ2v) is 5.56. The van der Waals surface area contributed by atoms with Crippen molar-refractivity contribution in [2.75, 3.05) is 11.9 Å². The third-order valence-corrected chi connectivity index (χ3v) is 3.66. The molecule has 5 nitrogen and oxygen atoms in total. The standard InChI is InChI=1S/C15H21N3O2/c1-9(2)14(15(16)20)18-13(19)7-10-8-17-12-6-4-3-5-11(10)12/h3-6,9-10,14,17H,7-8H2,1-2H3,(H2,16,20)(H,18,19). The number of anilines is 1. The molecule has 1 heterocycles. The van der Waals surface area contributed by atoms with Crippen LogP contribution in [0.25, 0.3) is 0 Å². The van der Waals surface area contributed by atoms with Gasteiger partial charge in [0.1, 0.15) is 6.04 Å². The van der Waals surface area contributed by atoms with E-state index >= 15 is 0 Å². The van der Waals surface area contributed by atoms with E-state index in [0.29, 0.717) is 6.42 Å². The SMILES string of the molecule is CC(C)C(NC(=O)CC1CNc2ccccc21)C(N)=O. The molecule has 0 saturated heterocycles. The molecule has 1 aromatic rings. The predicted octanol–water partition coefficient (Wildman–Crippen LogP) is 1.21. The monoisotopic (exact) mass is 275 g/mol. The molecule has 0 spiro atoms. The molecule has 20 heavy (non-hydrogen) atoms. The van der Waals surface area contributed by atoms with E-state index in [2.05, 4.69) is 10.6 Å². The van der Waals surface area contributed by atoms with Crippen molar-refractivity contribution >= 4 is 17.5 Å². The molecule has 0 radical (unpaired) electrons. The molecular formula is C15H21N3O2. The molecule has 0 bridgehead atoms. The van der Waals surface area contributed by atoms with Gasteiger partial charge >= 0.3 is 0 Å². The van der Waals surface area contributed by atoms with Gasteiger partial charge in [0.15, 0.2) is 0 Å². The summed E-state index contributed by atoms with van der Waals surface area (Å²) in [5, 5.41) is 6.02. The van der Waals surface area contributed by atoms with E-state index in [1.54, 1.807) is 0 Å². The number of rotatable bonds is 5. The van der Waals surface area contributed by atoms with Crippen LogP contribution in [-0.2, 0) is 9.59 Å². The maximum absolute atomic E-state index is 12.1. The number of fused-ring (bicyclic) bond motifs is 1. The Morgan fingerprint density at radius 3 is 2.75 bits per heavy atom. The van der Waals surface area contributed by atoms with E-state index in [9.17, 15) is 9.59 Å². The first-order chi connectivity index (χ1) is 9.49. The van der Waals surface area contributed by atoms with Crippen LogP contribution in [0.4, 0.5) is 5.69 Å². The summed E-state index contributed by atoms with van der Waals surface area (Å²) in [7, 11) is 0. The average molecular weight is 275 g/mol. The van der Waals surface area contributed by atoms with E-state index in [4.69, 9.17) is 5.73 Å². The van der Waals surface area contributed by atoms with Crippen molar-refractivity contribution in [2.45, 2.75) is 32.2 Å². The highest BCUT2D eigenvalue weighted by molar-refractivity contribution is 5.87. The lowest BCUT2D eigenvalue weighted by molar-refractivity contribution is -0.128. The lowest BCUT2D eigenvalue weighted by Gasteiger charge is -2.20. The van der Waals surface area contributed by atoms with E-state index in [-0.39, 0.29) is 17.7 Å². The molecule has 0 saturated carbocycles. The van der Waals surface area contributed by atoms with Crippen molar-refractivity contribution in [3.63, 3.8) is 0 Å². The smallest absolute Gasteiger partial charge is 0.240 e. The average Bonchev–Trinajstić information content (AvgIpc) is 2.79. The van der Waals surface area contributed by atoms with Crippen molar-refractivity contribution in [1.29, 1.82) is 0 Å². The third kappa shape index (κ3) is 3.10. The number of primary amides is 1. The number of nitrogens with two attached hydrogens (primary N) is 1. The van der Waals surface area contributed by atoms with Crippen LogP contribution in [0, 0.1) is 5.92 Å². The summed E-state index contributed by atoms with van der Waals surface area (Å²) in [5.41, 5.74) is 7.54. The van der Waals surface area contributed by atoms with Gasteiger partial charge < -0.3 is 16.4 Å². The van der Waals surface area contributed by atoms with Crippen LogP contribution in [0.15, 0.2) is 24.3 Å². The quantitative estimate of drug-likeness (QED) is 0.755. The first kappa shape index (κ1) is 14.4. The van der Waals surface area contributed by atoms with E-state index in [1.807, 2.05) is 38.1 Å². The van der Waals surface area contributed by atoms with Gasteiger partial charge in [-0.2, -0.15) is 0 Å². The van der Waals surface area contributed by atoms with Crippen molar-refractivity contribution < 1.29 is 9.59 Å². The van der Waals surface area contributed by atoms with E-state index < -0.39 is 11.9 Å². The van der Waals surface area contributed by atoms with Gasteiger partial charge in [0.25, 0.3) is 0 Å². The number of carbonyl (C=O) groups is 2. The number of para-hydroxylation sites is 1. The molecule has 108 valence electrons. The minimum atomic E-state index is -0.605. The molecule has 2 atom stereocenters. The predicted molar refractivity (Wildman–Crippen MR) is 78.3 cm³/mol. The number of amides is 2. The lowest BCUT2D eigenvalue weighted by Crippen LogP contribution is -2.48. The Morgan fingerprint density at radius 2 is 2.10 bits per heavy atom. The number of hydrogen-bond acceptors (Lipinski definition) is 3. The normalized spacial score (nSPS) is 18.2. The summed E-state index contributed by atoms with van der Waals surface area (Å²) in [6.07, 6.45) is 0.362. The van der Waals surface area contributed by atoms with Crippen LogP contribution in [0.2, 0.25) is 0 Å². The molecule has 4 N–H and O–H groups in total. The van der Waals surface area contributed by atoms with Crippen molar-refractivity contribution in [1.82, 2.24) is 5.32 Å². The minimum Gasteiger partial charge on any atom is -0.384 e. The molecule has 2 rings (SSSR count). The molecule has 2 unspecified atom stereocenters. The Hall–Kier alpha value is -2.04. The minimum absolute atomic E-state index is 0.00885. The van der Waals surface area contributed by atoms with Crippen LogP contribution in [0.3, 0.4) is 0 Å². The zero-order valence-corrected chi connectivity index (χ0v) is 11.8. The summed E-state index contributed by atoms with van der Waals surface area (Å²) >= 11 is 0. The van der Waals surface area contributed by atoms with Gasteiger partial charge in [0, 0.05) is 24.6 Å². The molecule has 1 aliphatic heterocycles. The first-order valence-corrected chi connectivity index (χ1v) is 6.90. The Balaban J connectivity index is 1.98. The van der Waals surface area contributed by atoms with Crippen molar-refractivity contribution in [2.24, 2.45) is 11.7 Å². The van der Waals surface area contributed by atoms with Crippen LogP contribution in [0.1, 0.15) is 31.7 Å². The number of hydrogen-bond donors (Lipinski definition) is 3. The zero-order chi connectivity index (χ0) is 14.7. The molecular weight excluding hydrogens is 254 g/mol. The number of carbonyl (C=O) groups excluding carboxylic acids is 2. The van der Waals surface area contributed by atoms with Gasteiger partial charge in [-0.1, -0.05) is 32.0 Å². The van der Waals surface area contributed by atoms with Crippen LogP contribution < -0.4 is 16.4 Å². The van der Waals surface area contributed by atoms with Gasteiger partial charge in [-0.3, -0.25) is 9.59 Å². The second-order valence-electron chi connectivity index (χ2n) is 5.56. The highest BCUT2D eigenvalue weighted by Crippen LogP contribution is 2.33. The van der Waals surface area contributed by atoms with Gasteiger partial charge in [0.05, 0.1) is 0 Å². The van der Waals surface area contributed by atoms with Gasteiger partial charge in [-0.25, -0.2) is 0 Å². The van der Waals surface area contributed by atoms with Gasteiger partial charge in [0.2, 0.25) is 11.8 Å². The Kier molecular flexibility index (Phi) is 4.27. The fourth-order valence-electron chi connectivity index (χ4n) is 2.56. The molecule has 1 aromatic carbocycles. The van der Waals surface area contributed by atoms with Gasteiger partial charge in [-0.05, 0) is 17.5 Å². The maximum atomic E-state index is 12.1. The van der Waals surface area contributed by atoms with Crippen LogP contribution in [0.5, 0.6) is 0 Å². The summed E-state index contributed by atoms with van der Waals surface area (Å²) in [5.74, 6) is -0.485. The Bertz CT molecular complexity index is 514. The lowest BCUT2D eigenvalue weighted by atomic mass is 9.96. The Labute approximate surface area is 118 Å². The van der Waals surface area contributed by atoms with Crippen LogP contribution in [-0.4, -0.2) is 24.4 Å². The fourth-order valence-corrected chi connectivity index (χ4v) is 2.56. The zero-order valence-electron chi connectivity index (χ0n) is 11.8. The van der Waals surface area contributed by atoms with Crippen molar-refractivity contribution in [3.05, 3.63) is 29.8 Å². The molecule has 0 fully saturated rings. The van der Waals surface area contributed by atoms with Crippen LogP contribution >= 0.6 is 0 Å². The maximum Gasteiger partial charge on any atom is 0.240 e. The number of nitrogens with one attached hydrogen (secondary N) is 2. The fraction of sp³-hybridized carbons (Fsp3) is 0.467. The second kappa shape index (κ2) is 5.94. The molecule has 0 aromatic heterocycles. The summed E-state index contributed by atoms with van der Waals surface area (Å²) in [4.78, 5) is 23.4. The van der Waals surface area contributed by atoms with Gasteiger partial charge in [-0.15, -0.1) is 0 Å². The first-order valence-electron chi connectivity index (χ1n) is 6.90. The number of benzene rings is 1. The summed E-state index contributed by atoms with van der Waals surface area (Å²) in [6.45, 7) is 4.47. The molecule has 2 amide bonds.